The van der Waals surface area contributed by atoms with Crippen molar-refractivity contribution in [1.29, 1.82) is 0 Å². The molecule has 5 nitrogen and oxygen atoms in total. The van der Waals surface area contributed by atoms with Crippen LogP contribution in [0.3, 0.4) is 0 Å². The van der Waals surface area contributed by atoms with E-state index in [0.717, 1.165) is 35.0 Å². The average Bonchev–Trinajstić information content (AvgIpc) is 3.07. The van der Waals surface area contributed by atoms with Crippen LogP contribution in [0.5, 0.6) is 11.5 Å². The highest BCUT2D eigenvalue weighted by molar-refractivity contribution is 7.11. The molecule has 30 heavy (non-hydrogen) atoms. The van der Waals surface area contributed by atoms with Gasteiger partial charge in [-0.05, 0) is 42.3 Å². The molecule has 0 saturated heterocycles. The van der Waals surface area contributed by atoms with Crippen LogP contribution < -0.4 is 9.47 Å². The Morgan fingerprint density at radius 1 is 0.767 bits per heavy atom. The molecule has 0 atom stereocenters. The first-order valence-corrected chi connectivity index (χ1v) is 10.9. The maximum Gasteiger partial charge on any atom is 0.119 e. The van der Waals surface area contributed by atoms with Gasteiger partial charge in [0.2, 0.25) is 0 Å². The van der Waals surface area contributed by atoms with E-state index in [1.807, 2.05) is 24.3 Å². The van der Waals surface area contributed by atoms with Gasteiger partial charge < -0.3 is 18.9 Å². The molecule has 3 rings (SSSR count). The fourth-order valence-electron chi connectivity index (χ4n) is 3.06. The molecule has 0 aliphatic rings. The topological polar surface area (TPSA) is 49.8 Å². The van der Waals surface area contributed by atoms with E-state index in [9.17, 15) is 0 Å². The Labute approximate surface area is 182 Å². The van der Waals surface area contributed by atoms with Crippen LogP contribution in [-0.4, -0.2) is 45.6 Å². The highest BCUT2D eigenvalue weighted by atomic mass is 32.1. The van der Waals surface area contributed by atoms with Crippen LogP contribution in [0.1, 0.15) is 26.7 Å². The second-order valence-electron chi connectivity index (χ2n) is 6.95. The Bertz CT molecular complexity index is 925. The molecule has 6 heteroatoms. The molecule has 0 fully saturated rings. The zero-order chi connectivity index (χ0) is 21.2. The average molecular weight is 428 g/mol. The number of methoxy groups -OCH3 is 2. The minimum atomic E-state index is 0.550. The molecule has 0 aliphatic heterocycles. The van der Waals surface area contributed by atoms with E-state index in [4.69, 9.17) is 23.9 Å². The number of nitrogens with zero attached hydrogens (tertiary/aromatic N) is 1. The SMILES string of the molecule is COCCOc1cccc(Cc2nc(C)c(Cc3cccc(OCCOC)c3)s2)c1. The first-order valence-electron chi connectivity index (χ1n) is 10.0. The second-order valence-corrected chi connectivity index (χ2v) is 8.12. The monoisotopic (exact) mass is 427 g/mol. The fourth-order valence-corrected chi connectivity index (χ4v) is 4.20. The number of ether oxygens (including phenoxy) is 4. The lowest BCUT2D eigenvalue weighted by Gasteiger charge is -2.07. The normalized spacial score (nSPS) is 10.9. The van der Waals surface area contributed by atoms with Gasteiger partial charge in [-0.25, -0.2) is 4.98 Å². The Balaban J connectivity index is 1.63. The van der Waals surface area contributed by atoms with Crippen molar-refractivity contribution in [2.75, 3.05) is 40.6 Å². The van der Waals surface area contributed by atoms with Crippen LogP contribution in [0.25, 0.3) is 0 Å². The first kappa shape index (κ1) is 22.3. The smallest absolute Gasteiger partial charge is 0.119 e. The van der Waals surface area contributed by atoms with Crippen molar-refractivity contribution < 1.29 is 18.9 Å². The minimum absolute atomic E-state index is 0.550. The van der Waals surface area contributed by atoms with Gasteiger partial charge >= 0.3 is 0 Å². The third kappa shape index (κ3) is 6.83. The Morgan fingerprint density at radius 2 is 1.33 bits per heavy atom. The van der Waals surface area contributed by atoms with Crippen molar-refractivity contribution in [3.8, 4) is 11.5 Å². The van der Waals surface area contributed by atoms with E-state index in [2.05, 4.69) is 31.2 Å². The van der Waals surface area contributed by atoms with Gasteiger partial charge in [0.15, 0.2) is 0 Å². The summed E-state index contributed by atoms with van der Waals surface area (Å²) >= 11 is 1.77. The van der Waals surface area contributed by atoms with E-state index in [-0.39, 0.29) is 0 Å². The Hall–Kier alpha value is -2.41. The summed E-state index contributed by atoms with van der Waals surface area (Å²) in [5, 5.41) is 1.11. The summed E-state index contributed by atoms with van der Waals surface area (Å²) in [7, 11) is 3.35. The Morgan fingerprint density at radius 3 is 1.90 bits per heavy atom. The molecule has 0 aliphatic carbocycles. The van der Waals surface area contributed by atoms with Crippen LogP contribution >= 0.6 is 11.3 Å². The lowest BCUT2D eigenvalue weighted by atomic mass is 10.1. The summed E-state index contributed by atoms with van der Waals surface area (Å²) in [5.74, 6) is 1.74. The van der Waals surface area contributed by atoms with Crippen LogP contribution in [0.4, 0.5) is 0 Å². The van der Waals surface area contributed by atoms with Gasteiger partial charge in [0.25, 0.3) is 0 Å². The number of thiazole rings is 1. The number of aryl methyl sites for hydroxylation is 1. The van der Waals surface area contributed by atoms with Gasteiger partial charge in [-0.2, -0.15) is 0 Å². The van der Waals surface area contributed by atoms with Crippen molar-refractivity contribution >= 4 is 11.3 Å². The zero-order valence-corrected chi connectivity index (χ0v) is 18.7. The van der Waals surface area contributed by atoms with Gasteiger partial charge in [0.05, 0.1) is 23.9 Å². The molecule has 0 N–H and O–H groups in total. The van der Waals surface area contributed by atoms with Gasteiger partial charge in [-0.3, -0.25) is 0 Å². The predicted molar refractivity (Wildman–Crippen MR) is 120 cm³/mol. The van der Waals surface area contributed by atoms with Crippen molar-refractivity contribution in [3.05, 3.63) is 75.2 Å². The van der Waals surface area contributed by atoms with Crippen LogP contribution in [0.15, 0.2) is 48.5 Å². The molecule has 0 amide bonds. The standard InChI is InChI=1S/C24H29NO4S/c1-18-23(16-19-6-4-8-21(14-19)28-12-10-26-2)30-24(25-18)17-20-7-5-9-22(15-20)29-13-11-27-3/h4-9,14-15H,10-13,16-17H2,1-3H3. The van der Waals surface area contributed by atoms with E-state index in [1.165, 1.54) is 16.0 Å². The largest absolute Gasteiger partial charge is 0.491 e. The second kappa shape index (κ2) is 11.7. The number of aromatic nitrogens is 1. The number of hydrogen-bond acceptors (Lipinski definition) is 6. The molecule has 0 unspecified atom stereocenters. The van der Waals surface area contributed by atoms with Gasteiger partial charge in [-0.15, -0.1) is 11.3 Å². The highest BCUT2D eigenvalue weighted by Crippen LogP contribution is 2.26. The summed E-state index contributed by atoms with van der Waals surface area (Å²) in [6.07, 6.45) is 1.65. The molecule has 160 valence electrons. The molecule has 1 aromatic heterocycles. The van der Waals surface area contributed by atoms with Crippen molar-refractivity contribution in [3.63, 3.8) is 0 Å². The van der Waals surface area contributed by atoms with Crippen molar-refractivity contribution in [1.82, 2.24) is 4.98 Å². The molecular weight excluding hydrogens is 398 g/mol. The molecule has 0 spiro atoms. The summed E-state index contributed by atoms with van der Waals surface area (Å²) in [5.41, 5.74) is 3.50. The van der Waals surface area contributed by atoms with E-state index < -0.39 is 0 Å². The molecule has 0 radical (unpaired) electrons. The molecule has 2 aromatic carbocycles. The van der Waals surface area contributed by atoms with Crippen LogP contribution in [0, 0.1) is 6.92 Å². The lowest BCUT2D eigenvalue weighted by Crippen LogP contribution is -2.04. The number of rotatable bonds is 12. The maximum absolute atomic E-state index is 5.73. The molecule has 3 aromatic rings. The van der Waals surface area contributed by atoms with Crippen LogP contribution in [-0.2, 0) is 22.3 Å². The molecule has 0 saturated carbocycles. The predicted octanol–water partition coefficient (Wildman–Crippen LogP) is 4.68. The van der Waals surface area contributed by atoms with Gasteiger partial charge in [-0.1, -0.05) is 24.3 Å². The number of hydrogen-bond donors (Lipinski definition) is 0. The molecular formula is C24H29NO4S. The maximum atomic E-state index is 5.73. The van der Waals surface area contributed by atoms with Gasteiger partial charge in [0, 0.05) is 31.9 Å². The van der Waals surface area contributed by atoms with E-state index in [0.29, 0.717) is 26.4 Å². The first-order chi connectivity index (χ1) is 14.7. The lowest BCUT2D eigenvalue weighted by molar-refractivity contribution is 0.146. The molecule has 0 bridgehead atoms. The van der Waals surface area contributed by atoms with Crippen molar-refractivity contribution in [2.24, 2.45) is 0 Å². The summed E-state index contributed by atoms with van der Waals surface area (Å²) < 4.78 is 21.5. The third-order valence-corrected chi connectivity index (χ3v) is 5.72. The van der Waals surface area contributed by atoms with Crippen molar-refractivity contribution in [2.45, 2.75) is 19.8 Å². The van der Waals surface area contributed by atoms with E-state index >= 15 is 0 Å². The summed E-state index contributed by atoms with van der Waals surface area (Å²) in [6, 6.07) is 16.4. The number of benzene rings is 2. The quantitative estimate of drug-likeness (QED) is 0.393. The highest BCUT2D eigenvalue weighted by Gasteiger charge is 2.10. The minimum Gasteiger partial charge on any atom is -0.491 e. The zero-order valence-electron chi connectivity index (χ0n) is 17.8. The van der Waals surface area contributed by atoms with E-state index in [1.54, 1.807) is 25.6 Å². The fraction of sp³-hybridized carbons (Fsp3) is 0.375. The molecule has 1 heterocycles. The van der Waals surface area contributed by atoms with Gasteiger partial charge in [0.1, 0.15) is 24.7 Å². The third-order valence-electron chi connectivity index (χ3n) is 4.57. The van der Waals surface area contributed by atoms with Crippen LogP contribution in [0.2, 0.25) is 0 Å². The summed E-state index contributed by atoms with van der Waals surface area (Å²) in [4.78, 5) is 6.08. The Kier molecular flexibility index (Phi) is 8.68. The summed E-state index contributed by atoms with van der Waals surface area (Å²) in [6.45, 7) is 4.35.